The van der Waals surface area contributed by atoms with Crippen molar-refractivity contribution in [3.63, 3.8) is 0 Å². The van der Waals surface area contributed by atoms with E-state index in [4.69, 9.17) is 0 Å². The smallest absolute Gasteiger partial charge is 0.195 e. The van der Waals surface area contributed by atoms with Crippen LogP contribution in [0.4, 0.5) is 0 Å². The van der Waals surface area contributed by atoms with Crippen molar-refractivity contribution in [3.8, 4) is 0 Å². The van der Waals surface area contributed by atoms with Crippen molar-refractivity contribution in [2.45, 2.75) is 19.0 Å². The Morgan fingerprint density at radius 2 is 1.83 bits per heavy atom. The Morgan fingerprint density at radius 3 is 2.28 bits per heavy atom. The number of hydrogen-bond donors (Lipinski definition) is 0. The van der Waals surface area contributed by atoms with E-state index in [-0.39, 0.29) is 12.1 Å². The first kappa shape index (κ1) is 13.3. The summed E-state index contributed by atoms with van der Waals surface area (Å²) in [6.45, 7) is 5.76. The standard InChI is InChI=1S/C13H18N2O2S/c1-10(2)12-13(11-8-6-5-7-9-11)15(12)18(16,17)14(3)4/h5-9,12-13H,1H2,2-4H3/t12-,13+,15?/m0/s1. The van der Waals surface area contributed by atoms with Gasteiger partial charge in [0.1, 0.15) is 0 Å². The first-order valence-corrected chi connectivity index (χ1v) is 7.18. The van der Waals surface area contributed by atoms with Crippen LogP contribution in [-0.4, -0.2) is 37.2 Å². The first-order chi connectivity index (χ1) is 8.37. The molecule has 0 aromatic heterocycles. The molecule has 1 saturated heterocycles. The molecule has 1 aromatic rings. The Bertz CT molecular complexity index is 552. The zero-order valence-corrected chi connectivity index (χ0v) is 11.7. The molecule has 98 valence electrons. The van der Waals surface area contributed by atoms with Crippen LogP contribution in [0.3, 0.4) is 0 Å². The third-order valence-electron chi connectivity index (χ3n) is 3.13. The van der Waals surface area contributed by atoms with Crippen LogP contribution in [0.5, 0.6) is 0 Å². The van der Waals surface area contributed by atoms with Crippen molar-refractivity contribution >= 4 is 10.2 Å². The maximum atomic E-state index is 12.2. The molecular weight excluding hydrogens is 248 g/mol. The summed E-state index contributed by atoms with van der Waals surface area (Å²) in [6.07, 6.45) is 0. The van der Waals surface area contributed by atoms with Gasteiger partial charge in [0.15, 0.2) is 0 Å². The summed E-state index contributed by atoms with van der Waals surface area (Å²) in [4.78, 5) is 0. The highest BCUT2D eigenvalue weighted by atomic mass is 32.2. The van der Waals surface area contributed by atoms with E-state index in [1.54, 1.807) is 14.1 Å². The highest BCUT2D eigenvalue weighted by Crippen LogP contribution is 2.49. The Morgan fingerprint density at radius 1 is 1.28 bits per heavy atom. The third kappa shape index (κ3) is 2.09. The Balaban J connectivity index is 2.36. The molecule has 1 aliphatic rings. The maximum absolute atomic E-state index is 12.2. The van der Waals surface area contributed by atoms with E-state index in [0.29, 0.717) is 0 Å². The van der Waals surface area contributed by atoms with Gasteiger partial charge in [0.2, 0.25) is 0 Å². The molecule has 1 unspecified atom stereocenters. The van der Waals surface area contributed by atoms with Crippen LogP contribution >= 0.6 is 0 Å². The van der Waals surface area contributed by atoms with Gasteiger partial charge in [-0.15, -0.1) is 0 Å². The lowest BCUT2D eigenvalue weighted by Gasteiger charge is -2.13. The number of rotatable bonds is 4. The van der Waals surface area contributed by atoms with Crippen LogP contribution in [0.15, 0.2) is 42.5 Å². The first-order valence-electron chi connectivity index (χ1n) is 5.78. The Hall–Kier alpha value is -1.17. The van der Waals surface area contributed by atoms with Crippen molar-refractivity contribution in [2.24, 2.45) is 0 Å². The highest BCUT2D eigenvalue weighted by molar-refractivity contribution is 7.87. The molecule has 3 atom stereocenters. The van der Waals surface area contributed by atoms with E-state index in [2.05, 4.69) is 6.58 Å². The lowest BCUT2D eigenvalue weighted by Crippen LogP contribution is -2.30. The molecule has 0 saturated carbocycles. The summed E-state index contributed by atoms with van der Waals surface area (Å²) in [7, 11) is -0.296. The van der Waals surface area contributed by atoms with E-state index in [1.165, 1.54) is 8.61 Å². The molecule has 1 fully saturated rings. The third-order valence-corrected chi connectivity index (χ3v) is 5.04. The minimum Gasteiger partial charge on any atom is -0.195 e. The predicted octanol–water partition coefficient (Wildman–Crippen LogP) is 1.79. The van der Waals surface area contributed by atoms with E-state index < -0.39 is 10.2 Å². The van der Waals surface area contributed by atoms with Crippen molar-refractivity contribution in [1.82, 2.24) is 8.61 Å². The second-order valence-electron chi connectivity index (χ2n) is 4.77. The summed E-state index contributed by atoms with van der Waals surface area (Å²) in [5, 5.41) is 0. The van der Waals surface area contributed by atoms with Crippen molar-refractivity contribution in [1.29, 1.82) is 0 Å². The van der Waals surface area contributed by atoms with Gasteiger partial charge in [-0.05, 0) is 12.5 Å². The molecule has 0 radical (unpaired) electrons. The molecular formula is C13H18N2O2S. The van der Waals surface area contributed by atoms with Gasteiger partial charge in [-0.3, -0.25) is 0 Å². The fourth-order valence-electron chi connectivity index (χ4n) is 2.15. The van der Waals surface area contributed by atoms with Crippen LogP contribution in [-0.2, 0) is 10.2 Å². The predicted molar refractivity (Wildman–Crippen MR) is 72.2 cm³/mol. The molecule has 1 heterocycles. The molecule has 0 bridgehead atoms. The van der Waals surface area contributed by atoms with Gasteiger partial charge in [0.25, 0.3) is 10.2 Å². The van der Waals surface area contributed by atoms with E-state index >= 15 is 0 Å². The molecule has 1 aliphatic heterocycles. The van der Waals surface area contributed by atoms with Gasteiger partial charge >= 0.3 is 0 Å². The summed E-state index contributed by atoms with van der Waals surface area (Å²) in [6, 6.07) is 9.42. The fourth-order valence-corrected chi connectivity index (χ4v) is 3.58. The van der Waals surface area contributed by atoms with Crippen LogP contribution in [0, 0.1) is 0 Å². The summed E-state index contributed by atoms with van der Waals surface area (Å²) in [5.74, 6) is 0. The van der Waals surface area contributed by atoms with E-state index in [9.17, 15) is 8.42 Å². The van der Waals surface area contributed by atoms with E-state index in [1.807, 2.05) is 37.3 Å². The normalized spacial score (nSPS) is 27.2. The number of benzene rings is 1. The summed E-state index contributed by atoms with van der Waals surface area (Å²) >= 11 is 0. The second kappa shape index (κ2) is 4.50. The van der Waals surface area contributed by atoms with Crippen LogP contribution in [0.1, 0.15) is 18.5 Å². The molecule has 0 amide bonds. The van der Waals surface area contributed by atoms with Gasteiger partial charge in [0, 0.05) is 14.1 Å². The van der Waals surface area contributed by atoms with Gasteiger partial charge in [-0.25, -0.2) is 0 Å². The Kier molecular flexibility index (Phi) is 3.31. The van der Waals surface area contributed by atoms with Gasteiger partial charge in [-0.1, -0.05) is 42.5 Å². The second-order valence-corrected chi connectivity index (χ2v) is 6.81. The van der Waals surface area contributed by atoms with Crippen LogP contribution in [0.25, 0.3) is 0 Å². The maximum Gasteiger partial charge on any atom is 0.282 e. The molecule has 4 nitrogen and oxygen atoms in total. The van der Waals surface area contributed by atoms with Gasteiger partial charge < -0.3 is 0 Å². The van der Waals surface area contributed by atoms with Crippen molar-refractivity contribution in [2.75, 3.05) is 14.1 Å². The molecule has 1 aromatic carbocycles. The zero-order chi connectivity index (χ0) is 13.5. The lowest BCUT2D eigenvalue weighted by molar-refractivity contribution is 0.475. The number of nitrogens with zero attached hydrogens (tertiary/aromatic N) is 2. The van der Waals surface area contributed by atoms with Crippen molar-refractivity contribution in [3.05, 3.63) is 48.0 Å². The fraction of sp³-hybridized carbons (Fsp3) is 0.385. The van der Waals surface area contributed by atoms with Crippen LogP contribution < -0.4 is 0 Å². The molecule has 18 heavy (non-hydrogen) atoms. The highest BCUT2D eigenvalue weighted by Gasteiger charge is 2.56. The molecule has 0 aliphatic carbocycles. The number of hydrogen-bond acceptors (Lipinski definition) is 2. The minimum absolute atomic E-state index is 0.115. The monoisotopic (exact) mass is 266 g/mol. The molecule has 0 spiro atoms. The van der Waals surface area contributed by atoms with Crippen molar-refractivity contribution < 1.29 is 8.42 Å². The average molecular weight is 266 g/mol. The van der Waals surface area contributed by atoms with Gasteiger partial charge in [0.05, 0.1) is 12.1 Å². The minimum atomic E-state index is -3.39. The molecule has 2 rings (SSSR count). The summed E-state index contributed by atoms with van der Waals surface area (Å²) in [5.41, 5.74) is 1.88. The lowest BCUT2D eigenvalue weighted by atomic mass is 10.1. The quantitative estimate of drug-likeness (QED) is 0.616. The Labute approximate surface area is 109 Å². The molecule has 5 heteroatoms. The topological polar surface area (TPSA) is 40.4 Å². The van der Waals surface area contributed by atoms with E-state index in [0.717, 1.165) is 11.1 Å². The SMILES string of the molecule is C=C(C)[C@H]1[C@@H](c2ccccc2)N1S(=O)(=O)N(C)C. The zero-order valence-electron chi connectivity index (χ0n) is 10.9. The summed E-state index contributed by atoms with van der Waals surface area (Å²) < 4.78 is 27.2. The average Bonchev–Trinajstić information content (AvgIpc) is 3.05. The molecule has 0 N–H and O–H groups in total. The largest absolute Gasteiger partial charge is 0.282 e. The van der Waals surface area contributed by atoms with Crippen LogP contribution in [0.2, 0.25) is 0 Å². The van der Waals surface area contributed by atoms with Gasteiger partial charge in [-0.2, -0.15) is 17.0 Å².